The van der Waals surface area contributed by atoms with Crippen molar-refractivity contribution in [3.63, 3.8) is 0 Å². The molecule has 0 aliphatic carbocycles. The first-order chi connectivity index (χ1) is 29.7. The molecule has 5 N–H and O–H groups in total. The van der Waals surface area contributed by atoms with Crippen molar-refractivity contribution in [2.75, 3.05) is 6.54 Å². The predicted molar refractivity (Wildman–Crippen MR) is 251 cm³/mol. The minimum absolute atomic E-state index is 0.0586. The molecule has 2 aromatic rings. The number of allylic oxidation sites excluding steroid dienone is 8. The van der Waals surface area contributed by atoms with Crippen molar-refractivity contribution in [2.45, 2.75) is 175 Å². The van der Waals surface area contributed by atoms with E-state index in [0.29, 0.717) is 65.9 Å². The average Bonchev–Trinajstić information content (AvgIpc) is 3.52. The molecule has 0 radical (unpaired) electrons. The summed E-state index contributed by atoms with van der Waals surface area (Å²) in [4.78, 5) is 41.9. The number of thiol groups is 1. The van der Waals surface area contributed by atoms with Crippen LogP contribution in [0.5, 0.6) is 23.0 Å². The molecule has 5 atom stereocenters. The maximum Gasteiger partial charge on any atom is 0.255 e. The van der Waals surface area contributed by atoms with Gasteiger partial charge in [-0.2, -0.15) is 0 Å². The van der Waals surface area contributed by atoms with Crippen LogP contribution >= 0.6 is 12.6 Å². The van der Waals surface area contributed by atoms with Crippen LogP contribution in [-0.4, -0.2) is 78.3 Å². The summed E-state index contributed by atoms with van der Waals surface area (Å²) in [6, 6.07) is 1.86. The lowest BCUT2D eigenvalue weighted by atomic mass is 9.84. The molecular formula is C51H70N2O9S. The Balaban J connectivity index is 1.22. The molecule has 344 valence electrons. The van der Waals surface area contributed by atoms with Crippen LogP contribution in [0.15, 0.2) is 58.7 Å². The number of fused-ring (bicyclic) bond motifs is 4. The number of rotatable bonds is 19. The van der Waals surface area contributed by atoms with Crippen LogP contribution < -0.4 is 14.8 Å². The Morgan fingerprint density at radius 3 is 1.84 bits per heavy atom. The van der Waals surface area contributed by atoms with Crippen molar-refractivity contribution < 1.29 is 44.3 Å². The molecule has 12 heteroatoms. The van der Waals surface area contributed by atoms with E-state index in [4.69, 9.17) is 9.47 Å². The quantitative estimate of drug-likeness (QED) is 0.0458. The summed E-state index contributed by atoms with van der Waals surface area (Å²) in [6.45, 7) is 18.2. The molecule has 0 fully saturated rings. The number of benzene rings is 2. The van der Waals surface area contributed by atoms with E-state index in [1.165, 1.54) is 39.3 Å². The molecule has 3 aliphatic rings. The zero-order chi connectivity index (χ0) is 46.4. The maximum atomic E-state index is 13.9. The minimum Gasteiger partial charge on any atom is -0.508 e. The van der Waals surface area contributed by atoms with Gasteiger partial charge in [-0.3, -0.25) is 14.4 Å². The summed E-state index contributed by atoms with van der Waals surface area (Å²) in [5.74, 6) is -0.377. The third-order valence-corrected chi connectivity index (χ3v) is 13.4. The monoisotopic (exact) mass is 886 g/mol. The molecule has 5 rings (SSSR count). The first-order valence-electron chi connectivity index (χ1n) is 22.5. The van der Waals surface area contributed by atoms with Crippen molar-refractivity contribution in [1.82, 2.24) is 10.2 Å². The Labute approximate surface area is 379 Å². The Morgan fingerprint density at radius 1 is 0.810 bits per heavy atom. The van der Waals surface area contributed by atoms with Crippen molar-refractivity contribution in [3.05, 3.63) is 92.1 Å². The second kappa shape index (κ2) is 21.0. The first kappa shape index (κ1) is 49.5. The van der Waals surface area contributed by atoms with Crippen molar-refractivity contribution >= 4 is 29.6 Å². The highest BCUT2D eigenvalue weighted by atomic mass is 32.1. The van der Waals surface area contributed by atoms with E-state index in [-0.39, 0.29) is 55.0 Å². The number of hydrogen-bond acceptors (Lipinski definition) is 9. The fourth-order valence-corrected chi connectivity index (χ4v) is 9.14. The maximum absolute atomic E-state index is 13.9. The largest absolute Gasteiger partial charge is 0.508 e. The number of nitrogens with one attached hydrogen (secondary N) is 1. The van der Waals surface area contributed by atoms with E-state index >= 15 is 0 Å². The molecule has 2 aromatic carbocycles. The van der Waals surface area contributed by atoms with E-state index in [1.54, 1.807) is 6.92 Å². The second-order valence-corrected chi connectivity index (χ2v) is 19.3. The zero-order valence-electron chi connectivity index (χ0n) is 38.8. The van der Waals surface area contributed by atoms with E-state index in [2.05, 4.69) is 83.8 Å². The fraction of sp³-hybridized carbons (Fsp3) is 0.549. The van der Waals surface area contributed by atoms with Crippen LogP contribution in [0.4, 0.5) is 0 Å². The standard InChI is InChI=1S/C51H70N2O9S/c1-30(2)15-10-17-32(5)19-12-22-50(8)43(56)27-37-41(54)25-35(34(7)45(37)61-50)47(58)52-24-14-21-40(49(60)63)53-29-39-36(48(53)59)26-42(55)38-28-44(57)51(9,62-46(38)39)23-13-20-33(6)18-11-16-31(3)4/h15-16,19-20,25-26,40,43-44,54-57H,10-14,17-18,21-24,27-29H2,1-9H3,(H,52,58)(H,60,63)/b32-19+,33-20+/t40-,43-,44-,50+,51+/m0/s1. The van der Waals surface area contributed by atoms with Gasteiger partial charge in [-0.15, -0.1) is 12.6 Å². The number of amides is 2. The Hall–Kier alpha value is -4.52. The fourth-order valence-electron chi connectivity index (χ4n) is 8.87. The van der Waals surface area contributed by atoms with Crippen LogP contribution in [0.2, 0.25) is 0 Å². The van der Waals surface area contributed by atoms with E-state index in [0.717, 1.165) is 25.7 Å². The topological polar surface area (TPSA) is 166 Å². The van der Waals surface area contributed by atoms with E-state index in [1.807, 2.05) is 13.8 Å². The molecule has 63 heavy (non-hydrogen) atoms. The van der Waals surface area contributed by atoms with Gasteiger partial charge in [-0.1, -0.05) is 46.6 Å². The Morgan fingerprint density at radius 2 is 1.32 bits per heavy atom. The minimum atomic E-state index is -0.972. The highest BCUT2D eigenvalue weighted by Gasteiger charge is 2.46. The number of aromatic hydroxyl groups is 2. The van der Waals surface area contributed by atoms with Crippen LogP contribution in [0.25, 0.3) is 0 Å². The highest BCUT2D eigenvalue weighted by molar-refractivity contribution is 7.96. The number of phenolic OH excluding ortho intramolecular Hbond substituents is 2. The summed E-state index contributed by atoms with van der Waals surface area (Å²) >= 11 is 4.17. The van der Waals surface area contributed by atoms with Crippen molar-refractivity contribution in [2.24, 2.45) is 0 Å². The molecular weight excluding hydrogens is 817 g/mol. The molecule has 2 amide bonds. The number of ether oxygens (including phenoxy) is 2. The molecule has 3 aliphatic heterocycles. The molecule has 0 spiro atoms. The number of nitrogens with zero attached hydrogens (tertiary/aromatic N) is 1. The summed E-state index contributed by atoms with van der Waals surface area (Å²) in [6.07, 6.45) is 14.2. The number of hydrogen-bond donors (Lipinski definition) is 6. The van der Waals surface area contributed by atoms with Gasteiger partial charge < -0.3 is 40.1 Å². The highest BCUT2D eigenvalue weighted by Crippen LogP contribution is 2.47. The average molecular weight is 887 g/mol. The SMILES string of the molecule is CC(C)=CCC/C(C)=C/CC[C@@]1(C)Oc2c(C)c(C(=O)NCCC[C@@H](C(=O)S)N3Cc4c(cc(O)c5c4O[C@](C)(CC/C=C(\C)CCC=C(C)C)[C@@H](O)C5)C3=O)cc(O)c2C[C@@H]1O. The molecule has 0 unspecified atom stereocenters. The second-order valence-electron chi connectivity index (χ2n) is 18.9. The van der Waals surface area contributed by atoms with Crippen molar-refractivity contribution in [3.8, 4) is 23.0 Å². The van der Waals surface area contributed by atoms with E-state index < -0.39 is 46.4 Å². The van der Waals surface area contributed by atoms with Gasteiger partial charge >= 0.3 is 0 Å². The summed E-state index contributed by atoms with van der Waals surface area (Å²) in [5.41, 5.74) is 5.68. The third kappa shape index (κ3) is 11.8. The molecule has 0 aromatic heterocycles. The smallest absolute Gasteiger partial charge is 0.255 e. The van der Waals surface area contributed by atoms with Gasteiger partial charge in [0.2, 0.25) is 5.12 Å². The molecule has 0 saturated heterocycles. The van der Waals surface area contributed by atoms with Crippen LogP contribution in [-0.2, 0) is 24.2 Å². The summed E-state index contributed by atoms with van der Waals surface area (Å²) in [7, 11) is 0. The first-order valence-corrected chi connectivity index (χ1v) is 23.0. The van der Waals surface area contributed by atoms with Gasteiger partial charge in [0.1, 0.15) is 40.2 Å². The third-order valence-electron chi connectivity index (χ3n) is 13.1. The lowest BCUT2D eigenvalue weighted by Crippen LogP contribution is -2.49. The lowest BCUT2D eigenvalue weighted by molar-refractivity contribution is -0.115. The number of phenols is 2. The van der Waals surface area contributed by atoms with Crippen LogP contribution in [0.1, 0.15) is 163 Å². The number of carbonyl (C=O) groups is 3. The van der Waals surface area contributed by atoms with Crippen LogP contribution in [0.3, 0.4) is 0 Å². The molecule has 11 nitrogen and oxygen atoms in total. The summed E-state index contributed by atoms with van der Waals surface area (Å²) in [5, 5.41) is 46.8. The lowest BCUT2D eigenvalue weighted by Gasteiger charge is -2.41. The van der Waals surface area contributed by atoms with Crippen LogP contribution in [0, 0.1) is 6.92 Å². The number of aliphatic hydroxyl groups excluding tert-OH is 2. The van der Waals surface area contributed by atoms with Gasteiger partial charge in [-0.25, -0.2) is 0 Å². The van der Waals surface area contributed by atoms with Gasteiger partial charge in [0, 0.05) is 47.2 Å². The van der Waals surface area contributed by atoms with Gasteiger partial charge in [0.25, 0.3) is 11.8 Å². The Bertz CT molecular complexity index is 2180. The van der Waals surface area contributed by atoms with Crippen molar-refractivity contribution in [1.29, 1.82) is 0 Å². The van der Waals surface area contributed by atoms with E-state index in [9.17, 15) is 34.8 Å². The number of aliphatic hydroxyl groups is 2. The molecule has 0 bridgehead atoms. The number of carbonyl (C=O) groups excluding carboxylic acids is 3. The Kier molecular flexibility index (Phi) is 16.5. The predicted octanol–water partition coefficient (Wildman–Crippen LogP) is 9.45. The van der Waals surface area contributed by atoms with Gasteiger partial charge in [0.15, 0.2) is 0 Å². The molecule has 3 heterocycles. The van der Waals surface area contributed by atoms with Gasteiger partial charge in [0.05, 0.1) is 24.3 Å². The molecule has 0 saturated carbocycles. The van der Waals surface area contributed by atoms with Gasteiger partial charge in [-0.05, 0) is 139 Å². The zero-order valence-corrected chi connectivity index (χ0v) is 39.7. The summed E-state index contributed by atoms with van der Waals surface area (Å²) < 4.78 is 13.0. The normalized spacial score (nSPS) is 22.3.